The SMILES string of the molecule is CCNC(=NCc1ccnc2ccccc12)N(C)CCOCC1CC1.I. The highest BCUT2D eigenvalue weighted by Gasteiger charge is 2.21. The van der Waals surface area contributed by atoms with Gasteiger partial charge in [0.2, 0.25) is 0 Å². The first kappa shape index (κ1) is 20.9. The van der Waals surface area contributed by atoms with Crippen LogP contribution in [0.3, 0.4) is 0 Å². The number of halogens is 1. The van der Waals surface area contributed by atoms with Gasteiger partial charge in [-0.2, -0.15) is 0 Å². The molecule has 1 heterocycles. The minimum atomic E-state index is 0. The summed E-state index contributed by atoms with van der Waals surface area (Å²) in [5.74, 6) is 1.73. The zero-order valence-electron chi connectivity index (χ0n) is 15.6. The van der Waals surface area contributed by atoms with E-state index in [1.807, 2.05) is 30.5 Å². The van der Waals surface area contributed by atoms with Crippen molar-refractivity contribution >= 4 is 40.8 Å². The van der Waals surface area contributed by atoms with E-state index in [0.29, 0.717) is 6.54 Å². The lowest BCUT2D eigenvalue weighted by Crippen LogP contribution is -2.40. The van der Waals surface area contributed by atoms with E-state index in [1.165, 1.54) is 23.8 Å². The molecule has 1 aromatic carbocycles. The Morgan fingerprint density at radius 3 is 2.88 bits per heavy atom. The van der Waals surface area contributed by atoms with Gasteiger partial charge in [-0.15, -0.1) is 24.0 Å². The van der Waals surface area contributed by atoms with Crippen LogP contribution < -0.4 is 5.32 Å². The summed E-state index contributed by atoms with van der Waals surface area (Å²) in [6.45, 7) is 6.08. The van der Waals surface area contributed by atoms with Gasteiger partial charge in [0.1, 0.15) is 0 Å². The highest BCUT2D eigenvalue weighted by molar-refractivity contribution is 14.0. The number of fused-ring (bicyclic) bond motifs is 1. The molecular weight excluding hydrogens is 439 g/mol. The minimum absolute atomic E-state index is 0. The number of para-hydroxylation sites is 1. The van der Waals surface area contributed by atoms with E-state index in [1.54, 1.807) is 0 Å². The monoisotopic (exact) mass is 468 g/mol. The summed E-state index contributed by atoms with van der Waals surface area (Å²) in [6.07, 6.45) is 4.52. The maximum Gasteiger partial charge on any atom is 0.194 e. The summed E-state index contributed by atoms with van der Waals surface area (Å²) >= 11 is 0. The maximum absolute atomic E-state index is 5.74. The van der Waals surface area contributed by atoms with Crippen LogP contribution in [0.4, 0.5) is 0 Å². The molecule has 3 rings (SSSR count). The molecule has 1 N–H and O–H groups in total. The summed E-state index contributed by atoms with van der Waals surface area (Å²) < 4.78 is 5.74. The highest BCUT2D eigenvalue weighted by atomic mass is 127. The quantitative estimate of drug-likeness (QED) is 0.278. The summed E-state index contributed by atoms with van der Waals surface area (Å²) in [7, 11) is 2.06. The Balaban J connectivity index is 0.00000243. The van der Waals surface area contributed by atoms with Gasteiger partial charge in [-0.05, 0) is 43.4 Å². The molecule has 0 amide bonds. The molecule has 142 valence electrons. The molecule has 0 atom stereocenters. The largest absolute Gasteiger partial charge is 0.379 e. The molecule has 5 nitrogen and oxygen atoms in total. The Bertz CT molecular complexity index is 713. The molecule has 1 fully saturated rings. The van der Waals surface area contributed by atoms with E-state index in [2.05, 4.69) is 35.2 Å². The van der Waals surface area contributed by atoms with Crippen LogP contribution in [0, 0.1) is 5.92 Å². The summed E-state index contributed by atoms with van der Waals surface area (Å²) in [5, 5.41) is 4.53. The van der Waals surface area contributed by atoms with Crippen molar-refractivity contribution in [2.45, 2.75) is 26.3 Å². The molecular formula is C20H29IN4O. The maximum atomic E-state index is 5.74. The second kappa shape index (κ2) is 10.7. The number of rotatable bonds is 8. The second-order valence-electron chi connectivity index (χ2n) is 6.60. The molecule has 0 saturated heterocycles. The van der Waals surface area contributed by atoms with E-state index < -0.39 is 0 Å². The van der Waals surface area contributed by atoms with Gasteiger partial charge in [-0.25, -0.2) is 4.99 Å². The van der Waals surface area contributed by atoms with Crippen LogP contribution in [0.25, 0.3) is 10.9 Å². The average Bonchev–Trinajstić information content (AvgIpc) is 3.46. The van der Waals surface area contributed by atoms with Gasteiger partial charge in [-0.3, -0.25) is 4.98 Å². The molecule has 2 aromatic rings. The lowest BCUT2D eigenvalue weighted by atomic mass is 10.1. The van der Waals surface area contributed by atoms with E-state index in [-0.39, 0.29) is 24.0 Å². The van der Waals surface area contributed by atoms with Gasteiger partial charge in [0.05, 0.1) is 18.7 Å². The molecule has 0 radical (unpaired) electrons. The van der Waals surface area contributed by atoms with Crippen molar-refractivity contribution in [2.24, 2.45) is 10.9 Å². The van der Waals surface area contributed by atoms with Crippen molar-refractivity contribution in [1.82, 2.24) is 15.2 Å². The Morgan fingerprint density at radius 2 is 2.12 bits per heavy atom. The Labute approximate surface area is 173 Å². The lowest BCUT2D eigenvalue weighted by Gasteiger charge is -2.22. The fourth-order valence-corrected chi connectivity index (χ4v) is 2.76. The standard InChI is InChI=1S/C20H28N4O.HI/c1-3-21-20(24(2)12-13-25-15-16-8-9-16)23-14-17-10-11-22-19-7-5-4-6-18(17)19;/h4-7,10-11,16H,3,8-9,12-15H2,1-2H3,(H,21,23);1H. The number of likely N-dealkylation sites (N-methyl/N-ethyl adjacent to an activating group) is 1. The van der Waals surface area contributed by atoms with Crippen molar-refractivity contribution in [3.8, 4) is 0 Å². The summed E-state index contributed by atoms with van der Waals surface area (Å²) in [6, 6.07) is 10.3. The third-order valence-electron chi connectivity index (χ3n) is 4.46. The van der Waals surface area contributed by atoms with E-state index >= 15 is 0 Å². The number of benzene rings is 1. The van der Waals surface area contributed by atoms with Crippen molar-refractivity contribution in [2.75, 3.05) is 33.4 Å². The van der Waals surface area contributed by atoms with Crippen LogP contribution in [0.2, 0.25) is 0 Å². The third kappa shape index (κ3) is 6.09. The lowest BCUT2D eigenvalue weighted by molar-refractivity contribution is 0.115. The van der Waals surface area contributed by atoms with Crippen LogP contribution in [-0.2, 0) is 11.3 Å². The number of nitrogens with zero attached hydrogens (tertiary/aromatic N) is 3. The number of hydrogen-bond acceptors (Lipinski definition) is 3. The van der Waals surface area contributed by atoms with Crippen LogP contribution >= 0.6 is 24.0 Å². The van der Waals surface area contributed by atoms with Gasteiger partial charge in [0, 0.05) is 38.3 Å². The minimum Gasteiger partial charge on any atom is -0.379 e. The predicted octanol–water partition coefficient (Wildman–Crippen LogP) is 3.68. The number of aromatic nitrogens is 1. The first-order valence-corrected chi connectivity index (χ1v) is 9.17. The van der Waals surface area contributed by atoms with Crippen molar-refractivity contribution < 1.29 is 4.74 Å². The second-order valence-corrected chi connectivity index (χ2v) is 6.60. The van der Waals surface area contributed by atoms with E-state index in [0.717, 1.165) is 43.7 Å². The topological polar surface area (TPSA) is 49.8 Å². The Kier molecular flexibility index (Phi) is 8.58. The normalized spacial score (nSPS) is 14.2. The van der Waals surface area contributed by atoms with Gasteiger partial charge in [-0.1, -0.05) is 18.2 Å². The number of aliphatic imine (C=N–C) groups is 1. The fraction of sp³-hybridized carbons (Fsp3) is 0.500. The molecule has 0 aliphatic heterocycles. The number of pyridine rings is 1. The van der Waals surface area contributed by atoms with Gasteiger partial charge in [0.15, 0.2) is 5.96 Å². The fourth-order valence-electron chi connectivity index (χ4n) is 2.76. The first-order chi connectivity index (χ1) is 12.3. The number of nitrogens with one attached hydrogen (secondary N) is 1. The Morgan fingerprint density at radius 1 is 1.31 bits per heavy atom. The zero-order chi connectivity index (χ0) is 17.5. The molecule has 1 aliphatic carbocycles. The third-order valence-corrected chi connectivity index (χ3v) is 4.46. The van der Waals surface area contributed by atoms with Crippen LogP contribution in [0.1, 0.15) is 25.3 Å². The highest BCUT2D eigenvalue weighted by Crippen LogP contribution is 2.28. The van der Waals surface area contributed by atoms with Gasteiger partial charge in [0.25, 0.3) is 0 Å². The van der Waals surface area contributed by atoms with Crippen molar-refractivity contribution in [1.29, 1.82) is 0 Å². The number of hydrogen-bond donors (Lipinski definition) is 1. The molecule has 26 heavy (non-hydrogen) atoms. The number of ether oxygens (including phenoxy) is 1. The predicted molar refractivity (Wildman–Crippen MR) is 118 cm³/mol. The first-order valence-electron chi connectivity index (χ1n) is 9.17. The molecule has 1 aromatic heterocycles. The summed E-state index contributed by atoms with van der Waals surface area (Å²) in [4.78, 5) is 11.4. The molecule has 0 spiro atoms. The molecule has 1 saturated carbocycles. The van der Waals surface area contributed by atoms with E-state index in [9.17, 15) is 0 Å². The number of guanidine groups is 1. The van der Waals surface area contributed by atoms with Crippen LogP contribution in [0.15, 0.2) is 41.5 Å². The molecule has 1 aliphatic rings. The average molecular weight is 468 g/mol. The smallest absolute Gasteiger partial charge is 0.194 e. The Hall–Kier alpha value is -1.41. The van der Waals surface area contributed by atoms with E-state index in [4.69, 9.17) is 9.73 Å². The molecule has 0 bridgehead atoms. The molecule has 6 heteroatoms. The zero-order valence-corrected chi connectivity index (χ0v) is 18.0. The molecule has 0 unspecified atom stereocenters. The van der Waals surface area contributed by atoms with Gasteiger partial charge < -0.3 is 15.0 Å². The van der Waals surface area contributed by atoms with Crippen LogP contribution in [-0.4, -0.2) is 49.2 Å². The van der Waals surface area contributed by atoms with Crippen molar-refractivity contribution in [3.05, 3.63) is 42.1 Å². The van der Waals surface area contributed by atoms with Crippen molar-refractivity contribution in [3.63, 3.8) is 0 Å². The summed E-state index contributed by atoms with van der Waals surface area (Å²) in [5.41, 5.74) is 2.21. The van der Waals surface area contributed by atoms with Crippen LogP contribution in [0.5, 0.6) is 0 Å². The van der Waals surface area contributed by atoms with Gasteiger partial charge >= 0.3 is 0 Å².